The third-order valence-electron chi connectivity index (χ3n) is 2.68. The lowest BCUT2D eigenvalue weighted by Crippen LogP contribution is -2.43. The van der Waals surface area contributed by atoms with E-state index in [9.17, 15) is 4.79 Å². The molecule has 0 aromatic heterocycles. The van der Waals surface area contributed by atoms with Crippen LogP contribution in [0.3, 0.4) is 0 Å². The molecule has 3 nitrogen and oxygen atoms in total. The highest BCUT2D eigenvalue weighted by Gasteiger charge is 2.28. The van der Waals surface area contributed by atoms with Gasteiger partial charge in [0.25, 0.3) is 0 Å². The molecule has 0 heterocycles. The van der Waals surface area contributed by atoms with E-state index >= 15 is 0 Å². The van der Waals surface area contributed by atoms with E-state index in [4.69, 9.17) is 10.5 Å². The number of unbranched alkanes of at least 4 members (excludes halogenated alkanes) is 4. The van der Waals surface area contributed by atoms with E-state index < -0.39 is 6.04 Å². The SMILES string of the molecule is CCCCCCCOC(=O)[C@@H](N)C(C)(C)C. The molecule has 2 N–H and O–H groups in total. The normalized spacial score (nSPS) is 13.6. The Labute approximate surface area is 99.7 Å². The first kappa shape index (κ1) is 15.4. The van der Waals surface area contributed by atoms with Gasteiger partial charge in [0.1, 0.15) is 6.04 Å². The van der Waals surface area contributed by atoms with Crippen molar-refractivity contribution in [3.05, 3.63) is 0 Å². The fraction of sp³-hybridized carbons (Fsp3) is 0.923. The van der Waals surface area contributed by atoms with Gasteiger partial charge in [-0.1, -0.05) is 53.4 Å². The third-order valence-corrected chi connectivity index (χ3v) is 2.68. The van der Waals surface area contributed by atoms with Crippen LogP contribution in [0, 0.1) is 5.41 Å². The molecule has 0 aliphatic carbocycles. The summed E-state index contributed by atoms with van der Waals surface area (Å²) < 4.78 is 5.15. The first-order valence-corrected chi connectivity index (χ1v) is 6.31. The average molecular weight is 229 g/mol. The van der Waals surface area contributed by atoms with Crippen LogP contribution in [0.5, 0.6) is 0 Å². The van der Waals surface area contributed by atoms with Crippen LogP contribution in [0.15, 0.2) is 0 Å². The number of hydrogen-bond acceptors (Lipinski definition) is 3. The molecule has 96 valence electrons. The maximum atomic E-state index is 11.5. The largest absolute Gasteiger partial charge is 0.465 e. The minimum atomic E-state index is -0.525. The second-order valence-corrected chi connectivity index (χ2v) is 5.43. The molecule has 0 fully saturated rings. The van der Waals surface area contributed by atoms with Crippen LogP contribution in [0.1, 0.15) is 59.8 Å². The lowest BCUT2D eigenvalue weighted by atomic mass is 9.87. The summed E-state index contributed by atoms with van der Waals surface area (Å²) in [6.45, 7) is 8.52. The van der Waals surface area contributed by atoms with Crippen molar-refractivity contribution in [2.45, 2.75) is 65.8 Å². The standard InChI is InChI=1S/C13H27NO2/c1-5-6-7-8-9-10-16-12(15)11(14)13(2,3)4/h11H,5-10,14H2,1-4H3/t11-/m1/s1. The number of rotatable bonds is 7. The Hall–Kier alpha value is -0.570. The highest BCUT2D eigenvalue weighted by molar-refractivity contribution is 5.76. The molecule has 0 aliphatic rings. The second kappa shape index (κ2) is 7.66. The van der Waals surface area contributed by atoms with Crippen molar-refractivity contribution in [3.63, 3.8) is 0 Å². The predicted octanol–water partition coefficient (Wildman–Crippen LogP) is 2.87. The van der Waals surface area contributed by atoms with Crippen LogP contribution in [-0.4, -0.2) is 18.6 Å². The molecule has 0 spiro atoms. The van der Waals surface area contributed by atoms with Crippen LogP contribution in [0.4, 0.5) is 0 Å². The first-order chi connectivity index (χ1) is 7.39. The topological polar surface area (TPSA) is 52.3 Å². The quantitative estimate of drug-likeness (QED) is 0.539. The summed E-state index contributed by atoms with van der Waals surface area (Å²) in [5.41, 5.74) is 5.56. The van der Waals surface area contributed by atoms with Crippen molar-refractivity contribution in [3.8, 4) is 0 Å². The maximum absolute atomic E-state index is 11.5. The van der Waals surface area contributed by atoms with Gasteiger partial charge in [-0.05, 0) is 11.8 Å². The van der Waals surface area contributed by atoms with Gasteiger partial charge in [-0.25, -0.2) is 0 Å². The van der Waals surface area contributed by atoms with Crippen molar-refractivity contribution < 1.29 is 9.53 Å². The highest BCUT2D eigenvalue weighted by atomic mass is 16.5. The molecule has 0 unspecified atom stereocenters. The number of nitrogens with two attached hydrogens (primary N) is 1. The molecule has 0 saturated heterocycles. The zero-order valence-corrected chi connectivity index (χ0v) is 11.2. The number of carbonyl (C=O) groups excluding carboxylic acids is 1. The lowest BCUT2D eigenvalue weighted by molar-refractivity contribution is -0.147. The molecule has 0 aromatic carbocycles. The molecule has 0 bridgehead atoms. The Kier molecular flexibility index (Phi) is 7.39. The van der Waals surface area contributed by atoms with Gasteiger partial charge >= 0.3 is 5.97 Å². The van der Waals surface area contributed by atoms with Gasteiger partial charge < -0.3 is 10.5 Å². The number of hydrogen-bond donors (Lipinski definition) is 1. The van der Waals surface area contributed by atoms with Crippen molar-refractivity contribution >= 4 is 5.97 Å². The van der Waals surface area contributed by atoms with Gasteiger partial charge in [0, 0.05) is 0 Å². The number of esters is 1. The van der Waals surface area contributed by atoms with E-state index in [0.717, 1.165) is 12.8 Å². The first-order valence-electron chi connectivity index (χ1n) is 6.31. The summed E-state index contributed by atoms with van der Waals surface area (Å²) in [6, 6.07) is -0.525. The van der Waals surface area contributed by atoms with Crippen molar-refractivity contribution in [1.29, 1.82) is 0 Å². The van der Waals surface area contributed by atoms with E-state index in [2.05, 4.69) is 6.92 Å². The van der Waals surface area contributed by atoms with Gasteiger partial charge in [0.2, 0.25) is 0 Å². The Morgan fingerprint density at radius 2 is 1.75 bits per heavy atom. The van der Waals surface area contributed by atoms with Gasteiger partial charge in [-0.2, -0.15) is 0 Å². The Morgan fingerprint density at radius 3 is 2.25 bits per heavy atom. The Bertz CT molecular complexity index is 197. The van der Waals surface area contributed by atoms with Crippen LogP contribution < -0.4 is 5.73 Å². The minimum Gasteiger partial charge on any atom is -0.465 e. The summed E-state index contributed by atoms with van der Waals surface area (Å²) in [6.07, 6.45) is 5.79. The smallest absolute Gasteiger partial charge is 0.323 e. The molecular weight excluding hydrogens is 202 g/mol. The average Bonchev–Trinajstić information content (AvgIpc) is 2.20. The van der Waals surface area contributed by atoms with Crippen LogP contribution in [0.2, 0.25) is 0 Å². The van der Waals surface area contributed by atoms with Crippen LogP contribution in [-0.2, 0) is 9.53 Å². The number of carbonyl (C=O) groups is 1. The molecule has 0 aliphatic heterocycles. The molecule has 0 saturated carbocycles. The van der Waals surface area contributed by atoms with Crippen molar-refractivity contribution in [2.24, 2.45) is 11.1 Å². The van der Waals surface area contributed by atoms with Crippen LogP contribution in [0.25, 0.3) is 0 Å². The van der Waals surface area contributed by atoms with Gasteiger partial charge in [-0.3, -0.25) is 4.79 Å². The summed E-state index contributed by atoms with van der Waals surface area (Å²) >= 11 is 0. The molecule has 1 atom stereocenters. The van der Waals surface area contributed by atoms with Gasteiger partial charge in [-0.15, -0.1) is 0 Å². The molecule has 0 amide bonds. The molecule has 0 radical (unpaired) electrons. The molecule has 0 aromatic rings. The monoisotopic (exact) mass is 229 g/mol. The lowest BCUT2D eigenvalue weighted by Gasteiger charge is -2.24. The van der Waals surface area contributed by atoms with E-state index in [1.165, 1.54) is 19.3 Å². The molecule has 0 rings (SSSR count). The fourth-order valence-corrected chi connectivity index (χ4v) is 1.32. The minimum absolute atomic E-state index is 0.223. The van der Waals surface area contributed by atoms with Gasteiger partial charge in [0.15, 0.2) is 0 Å². The zero-order chi connectivity index (χ0) is 12.6. The van der Waals surface area contributed by atoms with Crippen molar-refractivity contribution in [2.75, 3.05) is 6.61 Å². The van der Waals surface area contributed by atoms with E-state index in [1.807, 2.05) is 20.8 Å². The maximum Gasteiger partial charge on any atom is 0.323 e. The fourth-order valence-electron chi connectivity index (χ4n) is 1.32. The second-order valence-electron chi connectivity index (χ2n) is 5.43. The zero-order valence-electron chi connectivity index (χ0n) is 11.2. The number of ether oxygens (including phenoxy) is 1. The van der Waals surface area contributed by atoms with Crippen LogP contribution >= 0.6 is 0 Å². The summed E-state index contributed by atoms with van der Waals surface area (Å²) in [5.74, 6) is -0.275. The Morgan fingerprint density at radius 1 is 1.19 bits per heavy atom. The Balaban J connectivity index is 3.58. The predicted molar refractivity (Wildman–Crippen MR) is 67.1 cm³/mol. The third kappa shape index (κ3) is 6.83. The van der Waals surface area contributed by atoms with E-state index in [1.54, 1.807) is 0 Å². The highest BCUT2D eigenvalue weighted by Crippen LogP contribution is 2.18. The molecular formula is C13H27NO2. The van der Waals surface area contributed by atoms with E-state index in [-0.39, 0.29) is 11.4 Å². The van der Waals surface area contributed by atoms with E-state index in [0.29, 0.717) is 6.61 Å². The van der Waals surface area contributed by atoms with Gasteiger partial charge in [0.05, 0.1) is 6.61 Å². The summed E-state index contributed by atoms with van der Waals surface area (Å²) in [5, 5.41) is 0. The van der Waals surface area contributed by atoms with Crippen molar-refractivity contribution in [1.82, 2.24) is 0 Å². The molecule has 16 heavy (non-hydrogen) atoms. The molecule has 3 heteroatoms. The summed E-state index contributed by atoms with van der Waals surface area (Å²) in [4.78, 5) is 11.5. The summed E-state index contributed by atoms with van der Waals surface area (Å²) in [7, 11) is 0.